The lowest BCUT2D eigenvalue weighted by molar-refractivity contribution is -0.139. The Bertz CT molecular complexity index is 1400. The first-order valence-electron chi connectivity index (χ1n) is 12.6. The van der Waals surface area contributed by atoms with Crippen molar-refractivity contribution in [3.63, 3.8) is 0 Å². The molecular weight excluding hydrogens is 602 g/mol. The van der Waals surface area contributed by atoms with Gasteiger partial charge in [0, 0.05) is 22.1 Å². The third-order valence-electron chi connectivity index (χ3n) is 6.48. The van der Waals surface area contributed by atoms with Crippen LogP contribution in [0.15, 0.2) is 82.2 Å². The number of sulfonamides is 1. The van der Waals surface area contributed by atoms with Crippen LogP contribution in [-0.2, 0) is 26.2 Å². The van der Waals surface area contributed by atoms with Gasteiger partial charge in [0.15, 0.2) is 0 Å². The zero-order valence-electron chi connectivity index (χ0n) is 22.4. The number of carbonyl (C=O) groups excluding carboxylic acids is 2. The number of aryl methyl sites for hydroxylation is 1. The van der Waals surface area contributed by atoms with Crippen LogP contribution < -0.4 is 9.62 Å². The van der Waals surface area contributed by atoms with Gasteiger partial charge >= 0.3 is 0 Å². The topological polar surface area (TPSA) is 86.8 Å². The summed E-state index contributed by atoms with van der Waals surface area (Å²) < 4.78 is 29.7. The Morgan fingerprint density at radius 3 is 2.26 bits per heavy atom. The largest absolute Gasteiger partial charge is 0.352 e. The predicted octanol–water partition coefficient (Wildman–Crippen LogP) is 5.94. The number of benzene rings is 3. The minimum absolute atomic E-state index is 0.0409. The second-order valence-electron chi connectivity index (χ2n) is 9.40. The van der Waals surface area contributed by atoms with Gasteiger partial charge in [-0.25, -0.2) is 8.42 Å². The summed E-state index contributed by atoms with van der Waals surface area (Å²) in [6.45, 7) is 6.85. The third-order valence-corrected chi connectivity index (χ3v) is 9.02. The molecule has 0 saturated carbocycles. The molecule has 1 N–H and O–H groups in total. The molecule has 7 nitrogen and oxygen atoms in total. The summed E-state index contributed by atoms with van der Waals surface area (Å²) in [5.74, 6) is -0.838. The number of anilines is 1. The molecule has 39 heavy (non-hydrogen) atoms. The lowest BCUT2D eigenvalue weighted by Crippen LogP contribution is -2.52. The molecule has 3 rings (SSSR count). The molecule has 3 aromatic rings. The van der Waals surface area contributed by atoms with E-state index in [1.165, 1.54) is 23.1 Å². The molecule has 0 aliphatic heterocycles. The number of amides is 2. The molecular formula is C29H33BrClN3O4S. The Balaban J connectivity index is 2.05. The molecule has 10 heteroatoms. The summed E-state index contributed by atoms with van der Waals surface area (Å²) in [5, 5.41) is 3.26. The monoisotopic (exact) mass is 633 g/mol. The summed E-state index contributed by atoms with van der Waals surface area (Å²) in [7, 11) is -4.15. The zero-order valence-corrected chi connectivity index (χ0v) is 25.6. The first-order chi connectivity index (χ1) is 18.4. The van der Waals surface area contributed by atoms with Crippen molar-refractivity contribution in [2.24, 2.45) is 0 Å². The Hall–Kier alpha value is -2.88. The number of rotatable bonds is 11. The lowest BCUT2D eigenvalue weighted by Gasteiger charge is -2.33. The summed E-state index contributed by atoms with van der Waals surface area (Å²) >= 11 is 9.67. The van der Waals surface area contributed by atoms with Crippen molar-refractivity contribution in [3.05, 3.63) is 93.4 Å². The number of hydrogen-bond donors (Lipinski definition) is 1. The summed E-state index contributed by atoms with van der Waals surface area (Å²) in [6, 6.07) is 19.3. The molecule has 0 aromatic heterocycles. The van der Waals surface area contributed by atoms with E-state index in [4.69, 9.17) is 11.6 Å². The highest BCUT2D eigenvalue weighted by molar-refractivity contribution is 9.10. The Morgan fingerprint density at radius 2 is 1.64 bits per heavy atom. The third kappa shape index (κ3) is 7.84. The number of halogens is 2. The minimum atomic E-state index is -4.15. The van der Waals surface area contributed by atoms with Gasteiger partial charge in [0.1, 0.15) is 12.6 Å². The van der Waals surface area contributed by atoms with Crippen LogP contribution in [0.5, 0.6) is 0 Å². The van der Waals surface area contributed by atoms with Crippen LogP contribution in [0.2, 0.25) is 5.02 Å². The maximum Gasteiger partial charge on any atom is 0.264 e. The van der Waals surface area contributed by atoms with Gasteiger partial charge in [-0.2, -0.15) is 0 Å². The SMILES string of the molecule is CCC(C)NC(=O)C(C)N(Cc1ccc(Br)cc1)C(=O)CN(c1cc(Cl)ccc1C)S(=O)(=O)c1ccccc1. The van der Waals surface area contributed by atoms with Crippen molar-refractivity contribution in [2.45, 2.75) is 57.6 Å². The maximum atomic E-state index is 14.0. The summed E-state index contributed by atoms with van der Waals surface area (Å²) in [4.78, 5) is 28.5. The predicted molar refractivity (Wildman–Crippen MR) is 159 cm³/mol. The molecule has 0 radical (unpaired) electrons. The zero-order chi connectivity index (χ0) is 28.7. The van der Waals surface area contributed by atoms with E-state index in [1.54, 1.807) is 44.2 Å². The van der Waals surface area contributed by atoms with Crippen molar-refractivity contribution < 1.29 is 18.0 Å². The van der Waals surface area contributed by atoms with E-state index < -0.39 is 28.5 Å². The van der Waals surface area contributed by atoms with Gasteiger partial charge in [-0.15, -0.1) is 0 Å². The van der Waals surface area contributed by atoms with E-state index in [2.05, 4.69) is 21.2 Å². The quantitative estimate of drug-likeness (QED) is 0.283. The van der Waals surface area contributed by atoms with Crippen LogP contribution in [0.4, 0.5) is 5.69 Å². The molecule has 0 bridgehead atoms. The Labute approximate surface area is 244 Å². The van der Waals surface area contributed by atoms with E-state index in [9.17, 15) is 18.0 Å². The normalized spacial score (nSPS) is 12.9. The van der Waals surface area contributed by atoms with Crippen molar-refractivity contribution in [1.29, 1.82) is 0 Å². The molecule has 0 fully saturated rings. The van der Waals surface area contributed by atoms with Crippen LogP contribution in [0.3, 0.4) is 0 Å². The van der Waals surface area contributed by atoms with Crippen molar-refractivity contribution in [1.82, 2.24) is 10.2 Å². The van der Waals surface area contributed by atoms with E-state index in [1.807, 2.05) is 38.1 Å². The van der Waals surface area contributed by atoms with Crippen LogP contribution >= 0.6 is 27.5 Å². The summed E-state index contributed by atoms with van der Waals surface area (Å²) in [5.41, 5.74) is 1.72. The molecule has 2 amide bonds. The van der Waals surface area contributed by atoms with Crippen molar-refractivity contribution in [3.8, 4) is 0 Å². The Kier molecular flexibility index (Phi) is 10.6. The van der Waals surface area contributed by atoms with Crippen molar-refractivity contribution >= 4 is 55.1 Å². The molecule has 2 unspecified atom stereocenters. The number of hydrogen-bond acceptors (Lipinski definition) is 4. The van der Waals surface area contributed by atoms with Gasteiger partial charge < -0.3 is 10.2 Å². The van der Waals surface area contributed by atoms with Crippen LogP contribution in [-0.4, -0.2) is 43.8 Å². The van der Waals surface area contributed by atoms with Gasteiger partial charge in [-0.3, -0.25) is 13.9 Å². The standard InChI is InChI=1S/C29H33BrClN3O4S/c1-5-21(3)32-29(36)22(4)33(18-23-12-14-24(30)15-13-23)28(35)19-34(27-17-25(31)16-11-20(27)2)39(37,38)26-9-7-6-8-10-26/h6-17,21-22H,5,18-19H2,1-4H3,(H,32,36). The molecule has 3 aromatic carbocycles. The highest BCUT2D eigenvalue weighted by Crippen LogP contribution is 2.30. The molecule has 0 saturated heterocycles. The van der Waals surface area contributed by atoms with Crippen LogP contribution in [0.25, 0.3) is 0 Å². The van der Waals surface area contributed by atoms with Crippen LogP contribution in [0.1, 0.15) is 38.3 Å². The van der Waals surface area contributed by atoms with Gasteiger partial charge in [0.25, 0.3) is 10.0 Å². The fraction of sp³-hybridized carbons (Fsp3) is 0.310. The van der Waals surface area contributed by atoms with Gasteiger partial charge in [0.2, 0.25) is 11.8 Å². The van der Waals surface area contributed by atoms with E-state index in [0.717, 1.165) is 20.8 Å². The number of nitrogens with one attached hydrogen (secondary N) is 1. The first-order valence-corrected chi connectivity index (χ1v) is 15.2. The van der Waals surface area contributed by atoms with E-state index in [0.29, 0.717) is 16.3 Å². The number of carbonyl (C=O) groups is 2. The van der Waals surface area contributed by atoms with Crippen molar-refractivity contribution in [2.75, 3.05) is 10.8 Å². The second-order valence-corrected chi connectivity index (χ2v) is 12.6. The lowest BCUT2D eigenvalue weighted by atomic mass is 10.1. The van der Waals surface area contributed by atoms with E-state index in [-0.39, 0.29) is 23.4 Å². The minimum Gasteiger partial charge on any atom is -0.352 e. The molecule has 2 atom stereocenters. The second kappa shape index (κ2) is 13.5. The van der Waals surface area contributed by atoms with Gasteiger partial charge in [0.05, 0.1) is 10.6 Å². The molecule has 208 valence electrons. The van der Waals surface area contributed by atoms with Gasteiger partial charge in [-0.05, 0) is 74.7 Å². The van der Waals surface area contributed by atoms with E-state index >= 15 is 0 Å². The molecule has 0 spiro atoms. The average molecular weight is 635 g/mol. The highest BCUT2D eigenvalue weighted by atomic mass is 79.9. The van der Waals surface area contributed by atoms with Gasteiger partial charge in [-0.1, -0.05) is 70.9 Å². The number of nitrogens with zero attached hydrogens (tertiary/aromatic N) is 2. The molecule has 0 aliphatic carbocycles. The smallest absolute Gasteiger partial charge is 0.264 e. The Morgan fingerprint density at radius 1 is 1.00 bits per heavy atom. The highest BCUT2D eigenvalue weighted by Gasteiger charge is 2.33. The first kappa shape index (κ1) is 30.7. The fourth-order valence-electron chi connectivity index (χ4n) is 3.92. The molecule has 0 aliphatic rings. The fourth-order valence-corrected chi connectivity index (χ4v) is 5.84. The molecule has 0 heterocycles. The average Bonchev–Trinajstić information content (AvgIpc) is 2.92. The maximum absolute atomic E-state index is 14.0. The van der Waals surface area contributed by atoms with Crippen LogP contribution in [0, 0.1) is 6.92 Å². The summed E-state index contributed by atoms with van der Waals surface area (Å²) in [6.07, 6.45) is 0.732.